The number of nitrogens with zero attached hydrogens (tertiary/aromatic N) is 6. The second-order valence-electron chi connectivity index (χ2n) is 9.68. The Morgan fingerprint density at radius 1 is 1.00 bits per heavy atom. The first-order valence-electron chi connectivity index (χ1n) is 11.9. The molecule has 2 aliphatic heterocycles. The molecule has 2 aliphatic rings. The summed E-state index contributed by atoms with van der Waals surface area (Å²) in [4.78, 5) is 17.3. The van der Waals surface area contributed by atoms with Gasteiger partial charge in [-0.15, -0.1) is 5.10 Å². The molecular weight excluding hydrogens is 414 g/mol. The van der Waals surface area contributed by atoms with E-state index in [1.165, 1.54) is 5.56 Å². The summed E-state index contributed by atoms with van der Waals surface area (Å²) < 4.78 is 1.99. The zero-order valence-corrected chi connectivity index (χ0v) is 20.0. The Balaban J connectivity index is 1.35. The molecule has 2 aromatic heterocycles. The number of aryl methyl sites for hydroxylation is 3. The molecule has 2 saturated heterocycles. The van der Waals surface area contributed by atoms with Gasteiger partial charge in [-0.3, -0.25) is 4.79 Å². The molecule has 174 valence electrons. The van der Waals surface area contributed by atoms with Crippen molar-refractivity contribution in [1.82, 2.24) is 30.2 Å². The number of anilines is 1. The highest BCUT2D eigenvalue weighted by Gasteiger charge is 2.30. The Morgan fingerprint density at radius 2 is 1.73 bits per heavy atom. The highest BCUT2D eigenvalue weighted by molar-refractivity contribution is 5.92. The first-order chi connectivity index (χ1) is 15.9. The lowest BCUT2D eigenvalue weighted by molar-refractivity contribution is -0.126. The van der Waals surface area contributed by atoms with E-state index in [0.717, 1.165) is 79.2 Å². The van der Waals surface area contributed by atoms with Crippen molar-refractivity contribution in [3.05, 3.63) is 41.2 Å². The van der Waals surface area contributed by atoms with Gasteiger partial charge < -0.3 is 15.1 Å². The molecule has 8 heteroatoms. The van der Waals surface area contributed by atoms with Crippen LogP contribution in [-0.4, -0.2) is 70.1 Å². The minimum atomic E-state index is 0.0629. The fraction of sp³-hybridized carbons (Fsp3) is 0.520. The van der Waals surface area contributed by atoms with Crippen LogP contribution in [0, 0.1) is 26.7 Å². The van der Waals surface area contributed by atoms with Gasteiger partial charge in [-0.05, 0) is 65.8 Å². The van der Waals surface area contributed by atoms with Gasteiger partial charge in [0, 0.05) is 31.6 Å². The first kappa shape index (κ1) is 21.8. The molecule has 2 fully saturated rings. The van der Waals surface area contributed by atoms with Gasteiger partial charge in [0.2, 0.25) is 5.91 Å². The van der Waals surface area contributed by atoms with Crippen LogP contribution in [0.5, 0.6) is 0 Å². The van der Waals surface area contributed by atoms with Gasteiger partial charge in [-0.1, -0.05) is 17.7 Å². The molecule has 1 atom stereocenters. The van der Waals surface area contributed by atoms with Gasteiger partial charge in [0.15, 0.2) is 5.82 Å². The molecule has 0 aliphatic carbocycles. The number of rotatable bonds is 4. The smallest absolute Gasteiger partial charge is 0.223 e. The third-order valence-electron chi connectivity index (χ3n) is 7.17. The van der Waals surface area contributed by atoms with Crippen molar-refractivity contribution >= 4 is 22.6 Å². The normalized spacial score (nSPS) is 20.0. The third-order valence-corrected chi connectivity index (χ3v) is 7.17. The van der Waals surface area contributed by atoms with Crippen LogP contribution in [0.2, 0.25) is 0 Å². The quantitative estimate of drug-likeness (QED) is 0.663. The lowest BCUT2D eigenvalue weighted by Crippen LogP contribution is -2.44. The number of nitrogens with one attached hydrogen (secondary N) is 1. The van der Waals surface area contributed by atoms with Gasteiger partial charge in [-0.2, -0.15) is 10.2 Å². The van der Waals surface area contributed by atoms with Gasteiger partial charge in [-0.25, -0.2) is 4.68 Å². The second-order valence-corrected chi connectivity index (χ2v) is 9.68. The second kappa shape index (κ2) is 8.74. The summed E-state index contributed by atoms with van der Waals surface area (Å²) >= 11 is 0. The summed E-state index contributed by atoms with van der Waals surface area (Å²) in [5.41, 5.74) is 5.10. The van der Waals surface area contributed by atoms with Crippen LogP contribution in [-0.2, 0) is 4.79 Å². The van der Waals surface area contributed by atoms with Crippen molar-refractivity contribution in [3.63, 3.8) is 0 Å². The lowest BCUT2D eigenvalue weighted by atomic mass is 9.95. The largest absolute Gasteiger partial charge is 0.353 e. The first-order valence-corrected chi connectivity index (χ1v) is 11.9. The minimum absolute atomic E-state index is 0.0629. The number of hydrogen-bond donors (Lipinski definition) is 1. The van der Waals surface area contributed by atoms with Crippen molar-refractivity contribution in [3.8, 4) is 5.69 Å². The van der Waals surface area contributed by atoms with Crippen LogP contribution in [0.25, 0.3) is 16.6 Å². The van der Waals surface area contributed by atoms with Crippen LogP contribution in [0.3, 0.4) is 0 Å². The predicted molar refractivity (Wildman–Crippen MR) is 130 cm³/mol. The molecule has 8 nitrogen and oxygen atoms in total. The number of amides is 1. The summed E-state index contributed by atoms with van der Waals surface area (Å²) in [7, 11) is 2.11. The Hall–Kier alpha value is -3.00. The van der Waals surface area contributed by atoms with Crippen molar-refractivity contribution in [2.24, 2.45) is 5.92 Å². The van der Waals surface area contributed by atoms with Crippen molar-refractivity contribution in [2.75, 3.05) is 38.1 Å². The van der Waals surface area contributed by atoms with Gasteiger partial charge >= 0.3 is 0 Å². The number of benzene rings is 1. The summed E-state index contributed by atoms with van der Waals surface area (Å²) in [6, 6.07) is 8.68. The van der Waals surface area contributed by atoms with E-state index in [1.807, 2.05) is 11.6 Å². The van der Waals surface area contributed by atoms with E-state index in [2.05, 4.69) is 70.5 Å². The molecule has 1 N–H and O–H groups in total. The molecule has 4 heterocycles. The van der Waals surface area contributed by atoms with E-state index in [1.54, 1.807) is 0 Å². The number of hydrogen-bond acceptors (Lipinski definition) is 6. The summed E-state index contributed by atoms with van der Waals surface area (Å²) in [5.74, 6) is 1.09. The Morgan fingerprint density at radius 3 is 2.39 bits per heavy atom. The minimum Gasteiger partial charge on any atom is -0.353 e. The molecule has 3 aromatic rings. The zero-order chi connectivity index (χ0) is 23.1. The van der Waals surface area contributed by atoms with Crippen molar-refractivity contribution < 1.29 is 4.79 Å². The zero-order valence-electron chi connectivity index (χ0n) is 20.0. The van der Waals surface area contributed by atoms with E-state index in [9.17, 15) is 4.79 Å². The summed E-state index contributed by atoms with van der Waals surface area (Å²) in [6.45, 7) is 9.74. The van der Waals surface area contributed by atoms with E-state index in [-0.39, 0.29) is 17.9 Å². The number of aromatic nitrogens is 4. The highest BCUT2D eigenvalue weighted by atomic mass is 16.2. The van der Waals surface area contributed by atoms with Crippen LogP contribution in [0.15, 0.2) is 24.3 Å². The molecule has 0 radical (unpaired) electrons. The van der Waals surface area contributed by atoms with E-state index in [0.29, 0.717) is 0 Å². The average Bonchev–Trinajstić information content (AvgIpc) is 3.38. The molecule has 1 aromatic carbocycles. The SMILES string of the molecule is Cc1ccc(-n2nc3c(N4CCC(C(=O)N[C@@H]5CCN(C)C5)CC4)nnc(C)c3c2C)cc1. The van der Waals surface area contributed by atoms with Gasteiger partial charge in [0.05, 0.1) is 22.5 Å². The number of fused-ring (bicyclic) bond motifs is 1. The highest BCUT2D eigenvalue weighted by Crippen LogP contribution is 2.31. The van der Waals surface area contributed by atoms with Crippen LogP contribution in [0.4, 0.5) is 5.82 Å². The molecule has 0 saturated carbocycles. The van der Waals surface area contributed by atoms with Gasteiger partial charge in [0.1, 0.15) is 5.52 Å². The summed E-state index contributed by atoms with van der Waals surface area (Å²) in [6.07, 6.45) is 2.69. The maximum Gasteiger partial charge on any atom is 0.223 e. The number of likely N-dealkylation sites (N-methyl/N-ethyl adjacent to an activating group) is 1. The van der Waals surface area contributed by atoms with Crippen molar-refractivity contribution in [2.45, 2.75) is 46.1 Å². The van der Waals surface area contributed by atoms with Crippen LogP contribution < -0.4 is 10.2 Å². The lowest BCUT2D eigenvalue weighted by Gasteiger charge is -2.32. The topological polar surface area (TPSA) is 79.2 Å². The Bertz CT molecular complexity index is 1160. The number of carbonyl (C=O) groups excluding carboxylic acids is 1. The Labute approximate surface area is 195 Å². The molecule has 33 heavy (non-hydrogen) atoms. The number of piperidine rings is 1. The monoisotopic (exact) mass is 447 g/mol. The van der Waals surface area contributed by atoms with E-state index < -0.39 is 0 Å². The van der Waals surface area contributed by atoms with E-state index >= 15 is 0 Å². The fourth-order valence-corrected chi connectivity index (χ4v) is 5.19. The molecule has 0 unspecified atom stereocenters. The molecular formula is C25H33N7O. The number of carbonyl (C=O) groups is 1. The molecule has 0 bridgehead atoms. The summed E-state index contributed by atoms with van der Waals surface area (Å²) in [5, 5.41) is 18.3. The molecule has 1 amide bonds. The number of likely N-dealkylation sites (tertiary alicyclic amines) is 1. The van der Waals surface area contributed by atoms with Gasteiger partial charge in [0.25, 0.3) is 0 Å². The Kier molecular flexibility index (Phi) is 5.78. The predicted octanol–water partition coefficient (Wildman–Crippen LogP) is 2.78. The standard InChI is InChI=1S/C25H33N7O/c1-16-5-7-21(8-6-16)32-18(3)22-17(2)27-28-24(23(22)29-32)31-13-9-19(10-14-31)25(33)26-20-11-12-30(4)15-20/h5-8,19-20H,9-15H2,1-4H3,(H,26,33)/t20-/m1/s1. The molecule has 5 rings (SSSR count). The molecule has 0 spiro atoms. The third kappa shape index (κ3) is 4.19. The van der Waals surface area contributed by atoms with E-state index in [4.69, 9.17) is 5.10 Å². The average molecular weight is 448 g/mol. The van der Waals surface area contributed by atoms with Crippen molar-refractivity contribution in [1.29, 1.82) is 0 Å². The van der Waals surface area contributed by atoms with Crippen LogP contribution >= 0.6 is 0 Å². The maximum absolute atomic E-state index is 12.8. The fourth-order valence-electron chi connectivity index (χ4n) is 5.19. The maximum atomic E-state index is 12.8. The van der Waals surface area contributed by atoms with Crippen LogP contribution in [0.1, 0.15) is 36.2 Å².